The van der Waals surface area contributed by atoms with Crippen LogP contribution in [0.2, 0.25) is 0 Å². The molecule has 0 spiro atoms. The van der Waals surface area contributed by atoms with Crippen molar-refractivity contribution in [1.29, 1.82) is 0 Å². The van der Waals surface area contributed by atoms with Crippen molar-refractivity contribution in [1.82, 2.24) is 14.9 Å². The van der Waals surface area contributed by atoms with Crippen LogP contribution in [0.25, 0.3) is 10.8 Å². The van der Waals surface area contributed by atoms with Gasteiger partial charge in [0, 0.05) is 49.4 Å². The lowest BCUT2D eigenvalue weighted by Gasteiger charge is -2.33. The normalized spacial score (nSPS) is 17.1. The number of likely N-dealkylation sites (N-methyl/N-ethyl adjacent to an activating group) is 2. The predicted octanol–water partition coefficient (Wildman–Crippen LogP) is 4.99. The molecule has 0 N–H and O–H groups in total. The van der Waals surface area contributed by atoms with E-state index in [1.54, 1.807) is 0 Å². The maximum Gasteiger partial charge on any atom is 0.318 e. The Hall–Kier alpha value is -3.48. The van der Waals surface area contributed by atoms with Gasteiger partial charge in [0.2, 0.25) is 0 Å². The second-order valence-corrected chi connectivity index (χ2v) is 10.7. The van der Waals surface area contributed by atoms with Gasteiger partial charge in [-0.1, -0.05) is 37.3 Å². The van der Waals surface area contributed by atoms with E-state index in [1.165, 1.54) is 34.0 Å². The second-order valence-electron chi connectivity index (χ2n) is 10.7. The van der Waals surface area contributed by atoms with Gasteiger partial charge in [0.25, 0.3) is 0 Å². The van der Waals surface area contributed by atoms with Crippen LogP contribution in [0.3, 0.4) is 0 Å². The summed E-state index contributed by atoms with van der Waals surface area (Å²) in [6, 6.07) is 16.8. The van der Waals surface area contributed by atoms with E-state index in [1.807, 2.05) is 0 Å². The fraction of sp³-hybridized carbons (Fsp3) is 0.516. The molecule has 0 bridgehead atoms. The number of nitrogens with zero attached hydrogens (tertiary/aromatic N) is 7. The van der Waals surface area contributed by atoms with E-state index in [0.29, 0.717) is 25.2 Å². The highest BCUT2D eigenvalue weighted by atomic mass is 16.5. The zero-order valence-electron chi connectivity index (χ0n) is 23.9. The first-order chi connectivity index (χ1) is 19.0. The van der Waals surface area contributed by atoms with Gasteiger partial charge in [0.05, 0.1) is 24.8 Å². The molecular weight excluding hydrogens is 486 g/mol. The molecule has 1 saturated heterocycles. The van der Waals surface area contributed by atoms with E-state index in [4.69, 9.17) is 14.7 Å². The molecule has 0 aliphatic carbocycles. The van der Waals surface area contributed by atoms with E-state index in [2.05, 4.69) is 95.0 Å². The lowest BCUT2D eigenvalue weighted by molar-refractivity contribution is 0.187. The van der Waals surface area contributed by atoms with Gasteiger partial charge in [0.1, 0.15) is 12.4 Å². The van der Waals surface area contributed by atoms with Crippen LogP contribution in [0, 0.1) is 6.92 Å². The van der Waals surface area contributed by atoms with Crippen LogP contribution in [-0.4, -0.2) is 80.3 Å². The van der Waals surface area contributed by atoms with Crippen LogP contribution >= 0.6 is 0 Å². The summed E-state index contributed by atoms with van der Waals surface area (Å²) >= 11 is 0. The van der Waals surface area contributed by atoms with E-state index in [0.717, 1.165) is 63.5 Å². The summed E-state index contributed by atoms with van der Waals surface area (Å²) in [4.78, 5) is 25.4. The van der Waals surface area contributed by atoms with Gasteiger partial charge in [-0.25, -0.2) is 9.98 Å². The Bertz CT molecular complexity index is 1350. The summed E-state index contributed by atoms with van der Waals surface area (Å²) in [7, 11) is 4.25. The van der Waals surface area contributed by atoms with Gasteiger partial charge >= 0.3 is 6.01 Å². The van der Waals surface area contributed by atoms with Gasteiger partial charge in [-0.3, -0.25) is 0 Å². The number of likely N-dealkylation sites (tertiary alicyclic amines) is 1. The highest BCUT2D eigenvalue weighted by Crippen LogP contribution is 2.35. The van der Waals surface area contributed by atoms with Gasteiger partial charge in [-0.05, 0) is 63.2 Å². The lowest BCUT2D eigenvalue weighted by atomic mass is 10.00. The van der Waals surface area contributed by atoms with Crippen molar-refractivity contribution >= 4 is 28.3 Å². The van der Waals surface area contributed by atoms with Gasteiger partial charge in [-0.2, -0.15) is 9.97 Å². The number of fused-ring (bicyclic) bond motifs is 2. The molecule has 8 heteroatoms. The topological polar surface area (TPSA) is 69.5 Å². The Morgan fingerprint density at radius 2 is 1.92 bits per heavy atom. The Labute approximate surface area is 232 Å². The van der Waals surface area contributed by atoms with Crippen molar-refractivity contribution in [2.45, 2.75) is 52.1 Å². The minimum atomic E-state index is 0.415. The van der Waals surface area contributed by atoms with Gasteiger partial charge in [-0.15, -0.1) is 0 Å². The molecule has 3 heterocycles. The molecule has 1 aromatic heterocycles. The molecule has 0 unspecified atom stereocenters. The standard InChI is InChI=1S/C31H41N7O/c1-5-15-32-22-33-16-19-37(4)30-26-14-18-38(28-13-7-11-24-10-6-9-23(2)29(24)28)20-27(26)34-31(35-30)39-21-25-12-8-17-36(25)3/h6-7,9-11,13,25H,5,8,12,14-21H2,1-4H3/t25-/m0/s1. The number of hydrogen-bond donors (Lipinski definition) is 0. The minimum Gasteiger partial charge on any atom is -0.462 e. The molecular formula is C31H41N7O. The first kappa shape index (κ1) is 27.1. The van der Waals surface area contributed by atoms with Crippen LogP contribution in [0.5, 0.6) is 6.01 Å². The van der Waals surface area contributed by atoms with E-state index < -0.39 is 0 Å². The maximum absolute atomic E-state index is 6.26. The number of anilines is 2. The SMILES string of the molecule is CCCN=C=NCCN(C)c1nc(OC[C@@H]2CCCN2C)nc2c1CCN(c1cccc3cccc(C)c13)C2. The Morgan fingerprint density at radius 1 is 1.10 bits per heavy atom. The summed E-state index contributed by atoms with van der Waals surface area (Å²) in [6.07, 6.45) is 4.25. The molecule has 206 valence electrons. The molecule has 0 amide bonds. The largest absolute Gasteiger partial charge is 0.462 e. The van der Waals surface area contributed by atoms with Crippen LogP contribution in [0.1, 0.15) is 43.0 Å². The number of benzene rings is 2. The first-order valence-electron chi connectivity index (χ1n) is 14.3. The van der Waals surface area contributed by atoms with Gasteiger partial charge in [0.15, 0.2) is 0 Å². The fourth-order valence-corrected chi connectivity index (χ4v) is 5.67. The molecule has 1 fully saturated rings. The monoisotopic (exact) mass is 527 g/mol. The predicted molar refractivity (Wildman–Crippen MR) is 160 cm³/mol. The number of hydrogen-bond acceptors (Lipinski definition) is 8. The fourth-order valence-electron chi connectivity index (χ4n) is 5.67. The highest BCUT2D eigenvalue weighted by Gasteiger charge is 2.27. The van der Waals surface area contributed by atoms with Crippen molar-refractivity contribution in [2.75, 3.05) is 63.2 Å². The van der Waals surface area contributed by atoms with E-state index in [-0.39, 0.29) is 0 Å². The van der Waals surface area contributed by atoms with Crippen molar-refractivity contribution in [2.24, 2.45) is 9.98 Å². The molecule has 1 atom stereocenters. The average Bonchev–Trinajstić information content (AvgIpc) is 3.37. The third-order valence-electron chi connectivity index (χ3n) is 7.92. The summed E-state index contributed by atoms with van der Waals surface area (Å²) in [5.74, 6) is 0.948. The summed E-state index contributed by atoms with van der Waals surface area (Å²) in [6.45, 7) is 9.79. The molecule has 2 aromatic carbocycles. The van der Waals surface area contributed by atoms with Crippen LogP contribution in [0.4, 0.5) is 11.5 Å². The second kappa shape index (κ2) is 12.6. The molecule has 3 aromatic rings. The molecule has 8 nitrogen and oxygen atoms in total. The molecule has 0 saturated carbocycles. The third-order valence-corrected chi connectivity index (χ3v) is 7.92. The maximum atomic E-state index is 6.26. The highest BCUT2D eigenvalue weighted by molar-refractivity contribution is 5.97. The Morgan fingerprint density at radius 3 is 2.72 bits per heavy atom. The minimum absolute atomic E-state index is 0.415. The van der Waals surface area contributed by atoms with Crippen molar-refractivity contribution < 1.29 is 4.74 Å². The van der Waals surface area contributed by atoms with Crippen molar-refractivity contribution in [3.05, 3.63) is 53.2 Å². The smallest absolute Gasteiger partial charge is 0.318 e. The summed E-state index contributed by atoms with van der Waals surface area (Å²) in [5, 5.41) is 2.59. The number of aromatic nitrogens is 2. The lowest BCUT2D eigenvalue weighted by Crippen LogP contribution is -2.35. The van der Waals surface area contributed by atoms with E-state index in [9.17, 15) is 0 Å². The number of aryl methyl sites for hydroxylation is 1. The van der Waals surface area contributed by atoms with Crippen molar-refractivity contribution in [3.8, 4) is 6.01 Å². The Balaban J connectivity index is 1.42. The van der Waals surface area contributed by atoms with Crippen LogP contribution in [0.15, 0.2) is 46.4 Å². The zero-order chi connectivity index (χ0) is 27.2. The number of ether oxygens (including phenoxy) is 1. The molecule has 2 aliphatic heterocycles. The van der Waals surface area contributed by atoms with Crippen LogP contribution < -0.4 is 14.5 Å². The van der Waals surface area contributed by atoms with E-state index >= 15 is 0 Å². The van der Waals surface area contributed by atoms with Crippen LogP contribution in [-0.2, 0) is 13.0 Å². The van der Waals surface area contributed by atoms with Crippen molar-refractivity contribution in [3.63, 3.8) is 0 Å². The van der Waals surface area contributed by atoms with Gasteiger partial charge < -0.3 is 19.4 Å². The average molecular weight is 528 g/mol. The third kappa shape index (κ3) is 6.23. The number of aliphatic imine (C=N–C) groups is 2. The molecule has 39 heavy (non-hydrogen) atoms. The quantitative estimate of drug-likeness (QED) is 0.346. The molecule has 5 rings (SSSR count). The number of rotatable bonds is 10. The molecule has 0 radical (unpaired) electrons. The summed E-state index contributed by atoms with van der Waals surface area (Å²) < 4.78 is 6.26. The first-order valence-corrected chi connectivity index (χ1v) is 14.3. The Kier molecular flexibility index (Phi) is 8.74. The molecule has 2 aliphatic rings. The summed E-state index contributed by atoms with van der Waals surface area (Å²) in [5.41, 5.74) is 4.82. The zero-order valence-corrected chi connectivity index (χ0v) is 23.9.